The fraction of sp³-hybridized carbons (Fsp3) is 0.316. The lowest BCUT2D eigenvalue weighted by Gasteiger charge is -2.07. The number of carbonyl (C=O) groups excluding carboxylic acids is 3. The second-order valence-electron chi connectivity index (χ2n) is 5.59. The number of ether oxygens (including phenoxy) is 2. The van der Waals surface area contributed by atoms with Crippen molar-refractivity contribution in [3.05, 3.63) is 54.0 Å². The van der Waals surface area contributed by atoms with Gasteiger partial charge in [0.1, 0.15) is 5.75 Å². The van der Waals surface area contributed by atoms with Crippen molar-refractivity contribution in [3.8, 4) is 5.75 Å². The lowest BCUT2D eigenvalue weighted by molar-refractivity contribution is -0.148. The van der Waals surface area contributed by atoms with Gasteiger partial charge in [-0.25, -0.2) is 0 Å². The minimum Gasteiger partial charge on any atom is -0.497 e. The summed E-state index contributed by atoms with van der Waals surface area (Å²) in [5, 5.41) is 5.20. The van der Waals surface area contributed by atoms with Crippen LogP contribution in [0.25, 0.3) is 0 Å². The van der Waals surface area contributed by atoms with Crippen molar-refractivity contribution in [3.63, 3.8) is 0 Å². The first-order valence-electron chi connectivity index (χ1n) is 8.45. The predicted molar refractivity (Wildman–Crippen MR) is 96.3 cm³/mol. The predicted octanol–water partition coefficient (Wildman–Crippen LogP) is 1.31. The summed E-state index contributed by atoms with van der Waals surface area (Å²) in [7, 11) is 1.60. The summed E-state index contributed by atoms with van der Waals surface area (Å²) < 4.78 is 14.9. The molecule has 8 nitrogen and oxygen atoms in total. The van der Waals surface area contributed by atoms with Crippen LogP contribution in [0.15, 0.2) is 47.1 Å². The van der Waals surface area contributed by atoms with Crippen molar-refractivity contribution >= 4 is 17.8 Å². The Morgan fingerprint density at radius 1 is 1.04 bits per heavy atom. The highest BCUT2D eigenvalue weighted by atomic mass is 16.5. The number of amides is 2. The zero-order valence-corrected chi connectivity index (χ0v) is 15.0. The average molecular weight is 374 g/mol. The van der Waals surface area contributed by atoms with Crippen LogP contribution in [0.4, 0.5) is 0 Å². The van der Waals surface area contributed by atoms with Gasteiger partial charge in [-0.15, -0.1) is 0 Å². The van der Waals surface area contributed by atoms with Gasteiger partial charge in [-0.3, -0.25) is 14.4 Å². The van der Waals surface area contributed by atoms with E-state index in [1.54, 1.807) is 13.2 Å². The summed E-state index contributed by atoms with van der Waals surface area (Å²) in [6.07, 6.45) is 2.00. The van der Waals surface area contributed by atoms with Crippen molar-refractivity contribution in [1.29, 1.82) is 0 Å². The van der Waals surface area contributed by atoms with E-state index in [-0.39, 0.29) is 31.2 Å². The van der Waals surface area contributed by atoms with Gasteiger partial charge < -0.3 is 24.5 Å². The molecule has 144 valence electrons. The van der Waals surface area contributed by atoms with E-state index < -0.39 is 11.9 Å². The molecule has 0 saturated carbocycles. The third-order valence-corrected chi connectivity index (χ3v) is 3.62. The Kier molecular flexibility index (Phi) is 7.90. The molecule has 2 aromatic rings. The third kappa shape index (κ3) is 7.23. The number of hydrogen-bond acceptors (Lipinski definition) is 6. The van der Waals surface area contributed by atoms with E-state index in [9.17, 15) is 14.4 Å². The molecule has 0 spiro atoms. The van der Waals surface area contributed by atoms with Crippen molar-refractivity contribution < 1.29 is 28.3 Å². The number of benzene rings is 1. The quantitative estimate of drug-likeness (QED) is 0.607. The van der Waals surface area contributed by atoms with E-state index in [1.165, 1.54) is 12.3 Å². The van der Waals surface area contributed by atoms with Crippen molar-refractivity contribution in [2.24, 2.45) is 0 Å². The first-order chi connectivity index (χ1) is 13.1. The van der Waals surface area contributed by atoms with E-state index in [0.717, 1.165) is 11.3 Å². The molecule has 2 amide bonds. The number of rotatable bonds is 10. The van der Waals surface area contributed by atoms with Crippen LogP contribution in [-0.2, 0) is 20.7 Å². The van der Waals surface area contributed by atoms with Gasteiger partial charge in [-0.05, 0) is 36.2 Å². The Hall–Kier alpha value is -3.29. The Labute approximate surface area is 156 Å². The number of methoxy groups -OCH3 is 1. The molecular formula is C19H22N2O6. The monoisotopic (exact) mass is 374 g/mol. The van der Waals surface area contributed by atoms with Crippen LogP contribution in [0.5, 0.6) is 5.75 Å². The Balaban J connectivity index is 1.55. The van der Waals surface area contributed by atoms with Crippen LogP contribution < -0.4 is 15.4 Å². The molecule has 0 unspecified atom stereocenters. The van der Waals surface area contributed by atoms with Crippen LogP contribution in [-0.4, -0.2) is 44.6 Å². The van der Waals surface area contributed by atoms with Crippen molar-refractivity contribution in [2.45, 2.75) is 12.8 Å². The number of esters is 1. The molecular weight excluding hydrogens is 352 g/mol. The van der Waals surface area contributed by atoms with Gasteiger partial charge in [0.2, 0.25) is 0 Å². The fourth-order valence-corrected chi connectivity index (χ4v) is 2.18. The first-order valence-corrected chi connectivity index (χ1v) is 8.45. The van der Waals surface area contributed by atoms with Crippen molar-refractivity contribution in [2.75, 3.05) is 26.8 Å². The van der Waals surface area contributed by atoms with Crippen LogP contribution >= 0.6 is 0 Å². The molecule has 27 heavy (non-hydrogen) atoms. The molecule has 2 rings (SSSR count). The highest BCUT2D eigenvalue weighted by molar-refractivity contribution is 5.91. The van der Waals surface area contributed by atoms with Gasteiger partial charge in [-0.1, -0.05) is 12.1 Å². The summed E-state index contributed by atoms with van der Waals surface area (Å²) in [5.41, 5.74) is 1.06. The Morgan fingerprint density at radius 3 is 2.48 bits per heavy atom. The summed E-state index contributed by atoms with van der Waals surface area (Å²) in [5.74, 6) is -0.421. The third-order valence-electron chi connectivity index (χ3n) is 3.62. The number of furan rings is 1. The molecule has 0 radical (unpaired) electrons. The standard InChI is InChI=1S/C19H22N2O6/c1-25-15-6-4-14(5-7-15)8-10-20-17(22)13-27-18(23)9-11-21-19(24)16-3-2-12-26-16/h2-7,12H,8-11,13H2,1H3,(H,20,22)(H,21,24). The maximum atomic E-state index is 11.7. The van der Waals surface area contributed by atoms with E-state index >= 15 is 0 Å². The lowest BCUT2D eigenvalue weighted by Crippen LogP contribution is -2.31. The summed E-state index contributed by atoms with van der Waals surface area (Å²) >= 11 is 0. The van der Waals surface area contributed by atoms with E-state index in [2.05, 4.69) is 10.6 Å². The summed E-state index contributed by atoms with van der Waals surface area (Å²) in [6, 6.07) is 10.7. The van der Waals surface area contributed by atoms with Crippen LogP contribution in [0.1, 0.15) is 22.5 Å². The maximum absolute atomic E-state index is 11.7. The fourth-order valence-electron chi connectivity index (χ4n) is 2.18. The highest BCUT2D eigenvalue weighted by Crippen LogP contribution is 2.11. The molecule has 0 aliphatic carbocycles. The summed E-state index contributed by atoms with van der Waals surface area (Å²) in [6.45, 7) is 0.174. The van der Waals surface area contributed by atoms with E-state index in [0.29, 0.717) is 13.0 Å². The normalized spacial score (nSPS) is 10.1. The van der Waals surface area contributed by atoms with Gasteiger partial charge in [0.15, 0.2) is 12.4 Å². The molecule has 0 atom stereocenters. The van der Waals surface area contributed by atoms with Crippen molar-refractivity contribution in [1.82, 2.24) is 10.6 Å². The Bertz CT molecular complexity index is 740. The lowest BCUT2D eigenvalue weighted by atomic mass is 10.1. The van der Waals surface area contributed by atoms with E-state index in [1.807, 2.05) is 24.3 Å². The average Bonchev–Trinajstić information content (AvgIpc) is 3.22. The SMILES string of the molecule is COc1ccc(CCNC(=O)COC(=O)CCNC(=O)c2ccco2)cc1. The second-order valence-corrected chi connectivity index (χ2v) is 5.59. The zero-order valence-electron chi connectivity index (χ0n) is 15.0. The largest absolute Gasteiger partial charge is 0.497 e. The zero-order chi connectivity index (χ0) is 19.5. The molecule has 0 fully saturated rings. The molecule has 1 aromatic heterocycles. The Morgan fingerprint density at radius 2 is 1.81 bits per heavy atom. The minimum absolute atomic E-state index is 0.0361. The molecule has 0 aliphatic rings. The van der Waals surface area contributed by atoms with Gasteiger partial charge in [0, 0.05) is 13.1 Å². The van der Waals surface area contributed by atoms with Crippen LogP contribution in [0, 0.1) is 0 Å². The molecule has 0 saturated heterocycles. The topological polar surface area (TPSA) is 107 Å². The molecule has 0 bridgehead atoms. The number of carbonyl (C=O) groups is 3. The second kappa shape index (κ2) is 10.6. The first kappa shape index (κ1) is 20.0. The summed E-state index contributed by atoms with van der Waals surface area (Å²) in [4.78, 5) is 34.9. The smallest absolute Gasteiger partial charge is 0.308 e. The number of hydrogen-bond donors (Lipinski definition) is 2. The molecule has 8 heteroatoms. The maximum Gasteiger partial charge on any atom is 0.308 e. The molecule has 1 aromatic carbocycles. The minimum atomic E-state index is -0.569. The molecule has 1 heterocycles. The van der Waals surface area contributed by atoms with Gasteiger partial charge in [0.25, 0.3) is 11.8 Å². The van der Waals surface area contributed by atoms with Gasteiger partial charge in [-0.2, -0.15) is 0 Å². The molecule has 2 N–H and O–H groups in total. The van der Waals surface area contributed by atoms with Crippen LogP contribution in [0.3, 0.4) is 0 Å². The van der Waals surface area contributed by atoms with Gasteiger partial charge >= 0.3 is 5.97 Å². The van der Waals surface area contributed by atoms with E-state index in [4.69, 9.17) is 13.9 Å². The van der Waals surface area contributed by atoms with Crippen LogP contribution in [0.2, 0.25) is 0 Å². The van der Waals surface area contributed by atoms with Gasteiger partial charge in [0.05, 0.1) is 19.8 Å². The highest BCUT2D eigenvalue weighted by Gasteiger charge is 2.10. The number of nitrogens with one attached hydrogen (secondary N) is 2. The molecule has 0 aliphatic heterocycles.